The molecule has 2 heterocycles. The molecule has 4 aromatic rings. The van der Waals surface area contributed by atoms with E-state index in [0.717, 1.165) is 47.2 Å². The molecule has 0 saturated carbocycles. The summed E-state index contributed by atoms with van der Waals surface area (Å²) in [6.45, 7) is 1.81. The van der Waals surface area contributed by atoms with Crippen LogP contribution in [0.2, 0.25) is 0 Å². The lowest BCUT2D eigenvalue weighted by molar-refractivity contribution is 0.626. The molecule has 0 saturated heterocycles. The molecule has 0 atom stereocenters. The predicted molar refractivity (Wildman–Crippen MR) is 102 cm³/mol. The largest absolute Gasteiger partial charge is 0.453 e. The number of aromatic nitrogens is 2. The standard InChI is InChI=1S/C20H20N4O/c1-21-11-6-12-22-19-15-8-3-4-9-16(15)23-20(24-19)18-13-14-7-2-5-10-17(14)25-18/h2-5,7-10,13,21H,6,11-12H2,1H3,(H,22,23,24). The van der Waals surface area contributed by atoms with Gasteiger partial charge in [0.2, 0.25) is 0 Å². The first-order valence-electron chi connectivity index (χ1n) is 8.49. The highest BCUT2D eigenvalue weighted by atomic mass is 16.3. The minimum atomic E-state index is 0.603. The van der Waals surface area contributed by atoms with E-state index in [0.29, 0.717) is 11.6 Å². The number of benzene rings is 2. The summed E-state index contributed by atoms with van der Waals surface area (Å²) < 4.78 is 5.94. The second-order valence-electron chi connectivity index (χ2n) is 5.95. The second-order valence-corrected chi connectivity index (χ2v) is 5.95. The minimum absolute atomic E-state index is 0.603. The van der Waals surface area contributed by atoms with Gasteiger partial charge in [0.15, 0.2) is 11.6 Å². The lowest BCUT2D eigenvalue weighted by Crippen LogP contribution is -2.13. The fourth-order valence-electron chi connectivity index (χ4n) is 2.89. The molecule has 0 aliphatic carbocycles. The van der Waals surface area contributed by atoms with Crippen molar-refractivity contribution in [2.24, 2.45) is 0 Å². The molecule has 5 heteroatoms. The van der Waals surface area contributed by atoms with Gasteiger partial charge in [-0.2, -0.15) is 0 Å². The summed E-state index contributed by atoms with van der Waals surface area (Å²) in [5, 5.41) is 8.66. The summed E-state index contributed by atoms with van der Waals surface area (Å²) in [6.07, 6.45) is 1.02. The zero-order chi connectivity index (χ0) is 17.1. The number of hydrogen-bond acceptors (Lipinski definition) is 5. The molecule has 0 spiro atoms. The molecule has 0 unspecified atom stereocenters. The Labute approximate surface area is 146 Å². The van der Waals surface area contributed by atoms with Gasteiger partial charge in [-0.3, -0.25) is 0 Å². The molecule has 2 aromatic heterocycles. The van der Waals surface area contributed by atoms with Gasteiger partial charge in [0, 0.05) is 17.3 Å². The van der Waals surface area contributed by atoms with Crippen molar-refractivity contribution >= 4 is 27.7 Å². The topological polar surface area (TPSA) is 63.0 Å². The molecule has 0 amide bonds. The number of anilines is 1. The molecular formula is C20H20N4O. The summed E-state index contributed by atoms with van der Waals surface area (Å²) in [5.74, 6) is 2.13. The molecule has 0 aliphatic heterocycles. The SMILES string of the molecule is CNCCCNc1nc(-c2cc3ccccc3o2)nc2ccccc12. The summed E-state index contributed by atoms with van der Waals surface area (Å²) in [7, 11) is 1.96. The van der Waals surface area contributed by atoms with Crippen LogP contribution in [0, 0.1) is 0 Å². The lowest BCUT2D eigenvalue weighted by atomic mass is 10.2. The fourth-order valence-corrected chi connectivity index (χ4v) is 2.89. The maximum absolute atomic E-state index is 5.94. The third kappa shape index (κ3) is 3.19. The first-order valence-corrected chi connectivity index (χ1v) is 8.49. The predicted octanol–water partition coefficient (Wildman–Crippen LogP) is 4.06. The smallest absolute Gasteiger partial charge is 0.198 e. The van der Waals surface area contributed by atoms with Crippen LogP contribution in [0.1, 0.15) is 6.42 Å². The number of rotatable bonds is 6. The Bertz CT molecular complexity index is 976. The molecule has 4 rings (SSSR count). The molecule has 25 heavy (non-hydrogen) atoms. The van der Waals surface area contributed by atoms with Crippen molar-refractivity contribution in [1.29, 1.82) is 0 Å². The Hall–Kier alpha value is -2.92. The van der Waals surface area contributed by atoms with Crippen LogP contribution in [-0.4, -0.2) is 30.1 Å². The zero-order valence-corrected chi connectivity index (χ0v) is 14.1. The van der Waals surface area contributed by atoms with Gasteiger partial charge in [0.05, 0.1) is 5.52 Å². The van der Waals surface area contributed by atoms with Gasteiger partial charge in [0.1, 0.15) is 11.4 Å². The van der Waals surface area contributed by atoms with Crippen molar-refractivity contribution in [2.75, 3.05) is 25.5 Å². The molecule has 0 fully saturated rings. The summed E-state index contributed by atoms with van der Waals surface area (Å²) in [6, 6.07) is 18.0. The van der Waals surface area contributed by atoms with Crippen LogP contribution in [0.25, 0.3) is 33.5 Å². The maximum Gasteiger partial charge on any atom is 0.198 e. The lowest BCUT2D eigenvalue weighted by Gasteiger charge is -2.10. The molecule has 5 nitrogen and oxygen atoms in total. The van der Waals surface area contributed by atoms with E-state index < -0.39 is 0 Å². The van der Waals surface area contributed by atoms with E-state index in [1.165, 1.54) is 0 Å². The first-order chi connectivity index (χ1) is 12.3. The third-order valence-corrected chi connectivity index (χ3v) is 4.15. The summed E-state index contributed by atoms with van der Waals surface area (Å²) in [4.78, 5) is 9.42. The number of para-hydroxylation sites is 2. The van der Waals surface area contributed by atoms with Crippen molar-refractivity contribution in [3.8, 4) is 11.6 Å². The molecule has 2 N–H and O–H groups in total. The Balaban J connectivity index is 1.75. The van der Waals surface area contributed by atoms with Gasteiger partial charge in [-0.25, -0.2) is 9.97 Å². The Morgan fingerprint density at radius 3 is 2.68 bits per heavy atom. The quantitative estimate of drug-likeness (QED) is 0.521. The van der Waals surface area contributed by atoms with E-state index in [4.69, 9.17) is 9.40 Å². The Morgan fingerprint density at radius 1 is 0.960 bits per heavy atom. The molecule has 0 radical (unpaired) electrons. The second kappa shape index (κ2) is 6.91. The van der Waals surface area contributed by atoms with Gasteiger partial charge in [-0.1, -0.05) is 30.3 Å². The monoisotopic (exact) mass is 332 g/mol. The molecule has 0 aliphatic rings. The summed E-state index contributed by atoms with van der Waals surface area (Å²) in [5.41, 5.74) is 1.75. The van der Waals surface area contributed by atoms with E-state index in [-0.39, 0.29) is 0 Å². The highest BCUT2D eigenvalue weighted by molar-refractivity contribution is 5.91. The summed E-state index contributed by atoms with van der Waals surface area (Å²) >= 11 is 0. The van der Waals surface area contributed by atoms with Crippen molar-refractivity contribution < 1.29 is 4.42 Å². The van der Waals surface area contributed by atoms with Gasteiger partial charge in [0.25, 0.3) is 0 Å². The first kappa shape index (κ1) is 15.6. The van der Waals surface area contributed by atoms with E-state index in [1.807, 2.05) is 61.6 Å². The van der Waals surface area contributed by atoms with Crippen LogP contribution in [0.3, 0.4) is 0 Å². The highest BCUT2D eigenvalue weighted by Crippen LogP contribution is 2.29. The van der Waals surface area contributed by atoms with Gasteiger partial charge in [-0.15, -0.1) is 0 Å². The van der Waals surface area contributed by atoms with Gasteiger partial charge >= 0.3 is 0 Å². The highest BCUT2D eigenvalue weighted by Gasteiger charge is 2.13. The Morgan fingerprint density at radius 2 is 1.80 bits per heavy atom. The van der Waals surface area contributed by atoms with Crippen LogP contribution in [0.15, 0.2) is 59.0 Å². The zero-order valence-electron chi connectivity index (χ0n) is 14.1. The molecular weight excluding hydrogens is 312 g/mol. The number of nitrogens with zero attached hydrogens (tertiary/aromatic N) is 2. The molecule has 126 valence electrons. The fraction of sp³-hybridized carbons (Fsp3) is 0.200. The normalized spacial score (nSPS) is 11.2. The van der Waals surface area contributed by atoms with Crippen LogP contribution < -0.4 is 10.6 Å². The van der Waals surface area contributed by atoms with Crippen molar-refractivity contribution in [3.63, 3.8) is 0 Å². The van der Waals surface area contributed by atoms with E-state index in [2.05, 4.69) is 15.6 Å². The number of fused-ring (bicyclic) bond motifs is 2. The van der Waals surface area contributed by atoms with E-state index >= 15 is 0 Å². The molecule has 2 aromatic carbocycles. The number of furan rings is 1. The number of hydrogen-bond donors (Lipinski definition) is 2. The maximum atomic E-state index is 5.94. The van der Waals surface area contributed by atoms with Crippen LogP contribution in [0.4, 0.5) is 5.82 Å². The van der Waals surface area contributed by atoms with Gasteiger partial charge < -0.3 is 15.1 Å². The van der Waals surface area contributed by atoms with Crippen molar-refractivity contribution in [3.05, 3.63) is 54.6 Å². The van der Waals surface area contributed by atoms with E-state index in [1.54, 1.807) is 0 Å². The van der Waals surface area contributed by atoms with Crippen LogP contribution in [0.5, 0.6) is 0 Å². The van der Waals surface area contributed by atoms with Crippen LogP contribution in [-0.2, 0) is 0 Å². The van der Waals surface area contributed by atoms with Crippen molar-refractivity contribution in [2.45, 2.75) is 6.42 Å². The van der Waals surface area contributed by atoms with Crippen molar-refractivity contribution in [1.82, 2.24) is 15.3 Å². The average Bonchev–Trinajstić information content (AvgIpc) is 3.09. The van der Waals surface area contributed by atoms with E-state index in [9.17, 15) is 0 Å². The third-order valence-electron chi connectivity index (χ3n) is 4.15. The number of nitrogens with one attached hydrogen (secondary N) is 2. The molecule has 0 bridgehead atoms. The Kier molecular flexibility index (Phi) is 4.31. The van der Waals surface area contributed by atoms with Crippen LogP contribution >= 0.6 is 0 Å². The minimum Gasteiger partial charge on any atom is -0.453 e. The van der Waals surface area contributed by atoms with Gasteiger partial charge in [-0.05, 0) is 44.3 Å². The average molecular weight is 332 g/mol.